The molecule has 0 fully saturated rings. The van der Waals surface area contributed by atoms with Crippen LogP contribution in [0, 0.1) is 5.41 Å². The summed E-state index contributed by atoms with van der Waals surface area (Å²) in [6, 6.07) is 0. The van der Waals surface area contributed by atoms with Crippen molar-refractivity contribution in [3.8, 4) is 0 Å². The molecule has 0 amide bonds. The zero-order valence-corrected chi connectivity index (χ0v) is 13.3. The van der Waals surface area contributed by atoms with Gasteiger partial charge in [0.05, 0.1) is 10.2 Å². The fraction of sp³-hybridized carbons (Fsp3) is 0.692. The molecule has 0 aliphatic heterocycles. The van der Waals surface area contributed by atoms with E-state index < -0.39 is 0 Å². The summed E-state index contributed by atoms with van der Waals surface area (Å²) >= 11 is 3.45. The zero-order chi connectivity index (χ0) is 13.9. The van der Waals surface area contributed by atoms with Gasteiger partial charge in [0.15, 0.2) is 5.82 Å². The Morgan fingerprint density at radius 3 is 2.39 bits per heavy atom. The Morgan fingerprint density at radius 2 is 1.94 bits per heavy atom. The predicted molar refractivity (Wildman–Crippen MR) is 77.3 cm³/mol. The van der Waals surface area contributed by atoms with Crippen LogP contribution < -0.4 is 5.73 Å². The number of halogens is 1. The summed E-state index contributed by atoms with van der Waals surface area (Å²) in [7, 11) is 1.68. The molecule has 1 atom stereocenters. The Bertz CT molecular complexity index is 415. The molecule has 0 bridgehead atoms. The maximum absolute atomic E-state index is 5.93. The minimum absolute atomic E-state index is 0.0709. The van der Waals surface area contributed by atoms with Gasteiger partial charge in [-0.25, -0.2) is 9.97 Å². The van der Waals surface area contributed by atoms with Gasteiger partial charge >= 0.3 is 0 Å². The van der Waals surface area contributed by atoms with Crippen LogP contribution in [-0.4, -0.2) is 17.1 Å². The highest BCUT2D eigenvalue weighted by atomic mass is 79.9. The molecule has 1 heterocycles. The topological polar surface area (TPSA) is 61.0 Å². The van der Waals surface area contributed by atoms with E-state index in [-0.39, 0.29) is 11.5 Å². The van der Waals surface area contributed by atoms with Crippen molar-refractivity contribution in [2.45, 2.75) is 46.6 Å². The number of nitrogens with zero attached hydrogens (tertiary/aromatic N) is 2. The Kier molecular flexibility index (Phi) is 5.10. The van der Waals surface area contributed by atoms with Gasteiger partial charge < -0.3 is 10.5 Å². The summed E-state index contributed by atoms with van der Waals surface area (Å²) in [5, 5.41) is 0. The van der Waals surface area contributed by atoms with Crippen LogP contribution in [-0.2, 0) is 11.2 Å². The van der Waals surface area contributed by atoms with E-state index in [1.54, 1.807) is 7.11 Å². The highest BCUT2D eigenvalue weighted by molar-refractivity contribution is 9.10. The number of anilines is 1. The molecular formula is C13H22BrN3O. The molecular weight excluding hydrogens is 294 g/mol. The normalized spacial score (nSPS) is 13.7. The van der Waals surface area contributed by atoms with E-state index in [9.17, 15) is 0 Å². The van der Waals surface area contributed by atoms with E-state index >= 15 is 0 Å². The van der Waals surface area contributed by atoms with Crippen molar-refractivity contribution in [1.29, 1.82) is 0 Å². The zero-order valence-electron chi connectivity index (χ0n) is 11.7. The van der Waals surface area contributed by atoms with Crippen LogP contribution in [0.5, 0.6) is 0 Å². The summed E-state index contributed by atoms with van der Waals surface area (Å²) in [4.78, 5) is 8.95. The molecule has 18 heavy (non-hydrogen) atoms. The van der Waals surface area contributed by atoms with Crippen molar-refractivity contribution in [1.82, 2.24) is 9.97 Å². The minimum atomic E-state index is -0.163. The van der Waals surface area contributed by atoms with Crippen LogP contribution in [0.1, 0.15) is 51.7 Å². The van der Waals surface area contributed by atoms with Crippen LogP contribution in [0.4, 0.5) is 5.82 Å². The fourth-order valence-electron chi connectivity index (χ4n) is 1.90. The van der Waals surface area contributed by atoms with Crippen molar-refractivity contribution in [2.75, 3.05) is 12.8 Å². The first-order chi connectivity index (χ1) is 8.31. The van der Waals surface area contributed by atoms with Gasteiger partial charge in [-0.1, -0.05) is 34.1 Å². The molecule has 102 valence electrons. The summed E-state index contributed by atoms with van der Waals surface area (Å²) in [6.45, 7) is 8.41. The lowest BCUT2D eigenvalue weighted by Crippen LogP contribution is -2.23. The lowest BCUT2D eigenvalue weighted by molar-refractivity contribution is 0.00859. The molecule has 2 N–H and O–H groups in total. The van der Waals surface area contributed by atoms with Gasteiger partial charge in [0, 0.05) is 7.11 Å². The van der Waals surface area contributed by atoms with Crippen LogP contribution in [0.3, 0.4) is 0 Å². The largest absolute Gasteiger partial charge is 0.383 e. The first-order valence-electron chi connectivity index (χ1n) is 6.15. The molecule has 0 aliphatic rings. The van der Waals surface area contributed by atoms with Crippen LogP contribution >= 0.6 is 15.9 Å². The van der Waals surface area contributed by atoms with Gasteiger partial charge in [0.2, 0.25) is 0 Å². The molecule has 0 spiro atoms. The smallest absolute Gasteiger partial charge is 0.160 e. The number of hydrogen-bond donors (Lipinski definition) is 1. The van der Waals surface area contributed by atoms with Crippen molar-refractivity contribution in [3.05, 3.63) is 16.0 Å². The molecule has 0 aromatic carbocycles. The predicted octanol–water partition coefficient (Wildman–Crippen LogP) is 3.51. The Labute approximate surface area is 117 Å². The van der Waals surface area contributed by atoms with E-state index in [1.165, 1.54) is 0 Å². The second kappa shape index (κ2) is 5.97. The molecule has 4 nitrogen and oxygen atoms in total. The average Bonchev–Trinajstić information content (AvgIpc) is 2.24. The first kappa shape index (κ1) is 15.4. The second-order valence-electron chi connectivity index (χ2n) is 5.46. The van der Waals surface area contributed by atoms with Gasteiger partial charge in [-0.15, -0.1) is 0 Å². The lowest BCUT2D eigenvalue weighted by atomic mass is 9.88. The first-order valence-corrected chi connectivity index (χ1v) is 6.95. The summed E-state index contributed by atoms with van der Waals surface area (Å²) in [5.41, 5.74) is 6.81. The number of ether oxygens (including phenoxy) is 1. The summed E-state index contributed by atoms with van der Waals surface area (Å²) in [5.74, 6) is 1.14. The van der Waals surface area contributed by atoms with Gasteiger partial charge in [-0.2, -0.15) is 0 Å². The quantitative estimate of drug-likeness (QED) is 0.923. The molecule has 1 unspecified atom stereocenters. The Morgan fingerprint density at radius 1 is 1.33 bits per heavy atom. The van der Waals surface area contributed by atoms with Crippen LogP contribution in [0.25, 0.3) is 0 Å². The van der Waals surface area contributed by atoms with Crippen molar-refractivity contribution in [3.63, 3.8) is 0 Å². The average molecular weight is 316 g/mol. The number of hydrogen-bond acceptors (Lipinski definition) is 4. The van der Waals surface area contributed by atoms with E-state index in [1.807, 2.05) is 0 Å². The van der Waals surface area contributed by atoms with Gasteiger partial charge in [-0.3, -0.25) is 0 Å². The van der Waals surface area contributed by atoms with Gasteiger partial charge in [0.25, 0.3) is 0 Å². The molecule has 1 aromatic heterocycles. The van der Waals surface area contributed by atoms with Crippen LogP contribution in [0.2, 0.25) is 0 Å². The Balaban J connectivity index is 3.24. The highest BCUT2D eigenvalue weighted by Crippen LogP contribution is 2.35. The van der Waals surface area contributed by atoms with Gasteiger partial charge in [-0.05, 0) is 27.8 Å². The Hall–Kier alpha value is -0.680. The molecule has 5 heteroatoms. The van der Waals surface area contributed by atoms with Crippen LogP contribution in [0.15, 0.2) is 4.47 Å². The third-order valence-electron chi connectivity index (χ3n) is 2.71. The molecule has 1 aromatic rings. The SMILES string of the molecule is CCCc1nc(C(OC)C(C)(C)C)nc(N)c1Br. The number of nitrogens with two attached hydrogens (primary N) is 1. The number of aryl methyl sites for hydroxylation is 1. The second-order valence-corrected chi connectivity index (χ2v) is 6.25. The number of aromatic nitrogens is 2. The molecule has 1 rings (SSSR count). The molecule has 0 radical (unpaired) electrons. The fourth-order valence-corrected chi connectivity index (χ4v) is 2.27. The third-order valence-corrected chi connectivity index (χ3v) is 3.57. The monoisotopic (exact) mass is 315 g/mol. The summed E-state index contributed by atoms with van der Waals surface area (Å²) in [6.07, 6.45) is 1.73. The van der Waals surface area contributed by atoms with E-state index in [0.29, 0.717) is 11.6 Å². The van der Waals surface area contributed by atoms with E-state index in [2.05, 4.69) is 53.6 Å². The molecule has 0 saturated heterocycles. The van der Waals surface area contributed by atoms with Crippen molar-refractivity contribution < 1.29 is 4.74 Å². The maximum Gasteiger partial charge on any atom is 0.160 e. The molecule has 0 saturated carbocycles. The number of rotatable bonds is 4. The van der Waals surface area contributed by atoms with E-state index in [4.69, 9.17) is 10.5 Å². The van der Waals surface area contributed by atoms with Crippen molar-refractivity contribution >= 4 is 21.7 Å². The van der Waals surface area contributed by atoms with Gasteiger partial charge in [0.1, 0.15) is 11.9 Å². The minimum Gasteiger partial charge on any atom is -0.383 e. The number of methoxy groups -OCH3 is 1. The summed E-state index contributed by atoms with van der Waals surface area (Å²) < 4.78 is 6.34. The standard InChI is InChI=1S/C13H22BrN3O/c1-6-7-8-9(14)11(15)17-12(16-8)10(18-5)13(2,3)4/h10H,6-7H2,1-5H3,(H2,15,16,17). The molecule has 0 aliphatic carbocycles. The van der Waals surface area contributed by atoms with Crippen molar-refractivity contribution in [2.24, 2.45) is 5.41 Å². The number of nitrogen functional groups attached to an aromatic ring is 1. The third kappa shape index (κ3) is 3.42. The van der Waals surface area contributed by atoms with E-state index in [0.717, 1.165) is 23.0 Å². The lowest BCUT2D eigenvalue weighted by Gasteiger charge is -2.28. The highest BCUT2D eigenvalue weighted by Gasteiger charge is 2.29. The maximum atomic E-state index is 5.93.